The largest absolute Gasteiger partial charge is 0.256 e. The number of aromatic nitrogens is 2. The zero-order valence-corrected chi connectivity index (χ0v) is 24.0. The topological polar surface area (TPSA) is 25.8 Å². The predicted octanol–water partition coefficient (Wildman–Crippen LogP) is 11.3. The van der Waals surface area contributed by atoms with E-state index in [0.29, 0.717) is 0 Å². The van der Waals surface area contributed by atoms with E-state index in [2.05, 4.69) is 133 Å². The van der Waals surface area contributed by atoms with Crippen LogP contribution in [0.2, 0.25) is 0 Å². The van der Waals surface area contributed by atoms with Gasteiger partial charge in [-0.25, -0.2) is 4.98 Å². The van der Waals surface area contributed by atoms with Gasteiger partial charge in [0.25, 0.3) is 0 Å². The molecule has 0 fully saturated rings. The van der Waals surface area contributed by atoms with Crippen molar-refractivity contribution >= 4 is 64.0 Å². The Morgan fingerprint density at radius 3 is 2.02 bits per heavy atom. The number of rotatable bonds is 3. The van der Waals surface area contributed by atoms with Crippen LogP contribution in [0, 0.1) is 0 Å². The van der Waals surface area contributed by atoms with Crippen LogP contribution in [0.5, 0.6) is 0 Å². The number of hydrogen-bond donors (Lipinski definition) is 0. The summed E-state index contributed by atoms with van der Waals surface area (Å²) in [5.41, 5.74) is 7.58. The number of fused-ring (bicyclic) bond motifs is 8. The second-order valence-corrected chi connectivity index (χ2v) is 12.1. The van der Waals surface area contributed by atoms with E-state index >= 15 is 0 Å². The van der Waals surface area contributed by atoms with E-state index in [1.54, 1.807) is 0 Å². The van der Waals surface area contributed by atoms with Crippen LogP contribution in [0.1, 0.15) is 0 Å². The second kappa shape index (κ2) is 9.59. The predicted molar refractivity (Wildman–Crippen MR) is 184 cm³/mol. The molecule has 3 heterocycles. The quantitative estimate of drug-likeness (QED) is 0.199. The number of benzene rings is 6. The summed E-state index contributed by atoms with van der Waals surface area (Å²) in [7, 11) is 0. The number of nitrogens with zero attached hydrogens (tertiary/aromatic N) is 2. The Labute approximate surface area is 252 Å². The van der Waals surface area contributed by atoms with Gasteiger partial charge >= 0.3 is 0 Å². The molecule has 0 bridgehead atoms. The van der Waals surface area contributed by atoms with Crippen molar-refractivity contribution in [1.82, 2.24) is 9.97 Å². The fourth-order valence-electron chi connectivity index (χ4n) is 6.39. The van der Waals surface area contributed by atoms with E-state index in [4.69, 9.17) is 9.97 Å². The molecule has 43 heavy (non-hydrogen) atoms. The molecule has 0 radical (unpaired) electrons. The van der Waals surface area contributed by atoms with Crippen molar-refractivity contribution in [2.45, 2.75) is 0 Å². The van der Waals surface area contributed by atoms with Crippen molar-refractivity contribution in [2.24, 2.45) is 0 Å². The van der Waals surface area contributed by atoms with Gasteiger partial charge in [-0.3, -0.25) is 4.98 Å². The molecule has 0 aliphatic carbocycles. The van der Waals surface area contributed by atoms with Gasteiger partial charge in [0.2, 0.25) is 0 Å². The minimum atomic E-state index is 0.989. The first kappa shape index (κ1) is 24.2. The lowest BCUT2D eigenvalue weighted by molar-refractivity contribution is 1.36. The van der Waals surface area contributed by atoms with Crippen molar-refractivity contribution < 1.29 is 0 Å². The zero-order valence-electron chi connectivity index (χ0n) is 23.2. The van der Waals surface area contributed by atoms with Gasteiger partial charge in [0.15, 0.2) is 0 Å². The van der Waals surface area contributed by atoms with Crippen molar-refractivity contribution in [3.05, 3.63) is 146 Å². The molecule has 0 aliphatic heterocycles. The van der Waals surface area contributed by atoms with Crippen LogP contribution >= 0.6 is 11.3 Å². The molecule has 3 heteroatoms. The molecule has 0 saturated heterocycles. The normalized spacial score (nSPS) is 11.7. The number of hydrogen-bond acceptors (Lipinski definition) is 3. The summed E-state index contributed by atoms with van der Waals surface area (Å²) in [4.78, 5) is 10.1. The smallest absolute Gasteiger partial charge is 0.0788 e. The molecule has 0 spiro atoms. The highest BCUT2D eigenvalue weighted by atomic mass is 32.1. The van der Waals surface area contributed by atoms with Crippen molar-refractivity contribution in [3.63, 3.8) is 0 Å². The van der Waals surface area contributed by atoms with Gasteiger partial charge in [-0.2, -0.15) is 0 Å². The molecule has 0 saturated carbocycles. The van der Waals surface area contributed by atoms with Crippen molar-refractivity contribution in [2.75, 3.05) is 0 Å². The maximum Gasteiger partial charge on any atom is 0.0788 e. The molecule has 0 unspecified atom stereocenters. The third-order valence-electron chi connectivity index (χ3n) is 8.47. The Balaban J connectivity index is 1.27. The van der Waals surface area contributed by atoms with Crippen LogP contribution in [-0.2, 0) is 0 Å². The Bertz CT molecular complexity index is 2500. The fraction of sp³-hybridized carbons (Fsp3) is 0. The van der Waals surface area contributed by atoms with Gasteiger partial charge in [0.1, 0.15) is 0 Å². The van der Waals surface area contributed by atoms with Gasteiger partial charge in [0, 0.05) is 59.0 Å². The summed E-state index contributed by atoms with van der Waals surface area (Å²) >= 11 is 1.86. The third-order valence-corrected chi connectivity index (χ3v) is 9.61. The maximum absolute atomic E-state index is 5.33. The molecule has 0 amide bonds. The summed E-state index contributed by atoms with van der Waals surface area (Å²) in [5, 5.41) is 8.58. The molecule has 9 aromatic rings. The van der Waals surface area contributed by atoms with Crippen molar-refractivity contribution in [3.8, 4) is 33.6 Å². The van der Waals surface area contributed by atoms with Gasteiger partial charge in [-0.1, -0.05) is 109 Å². The van der Waals surface area contributed by atoms with Gasteiger partial charge in [-0.05, 0) is 46.8 Å². The zero-order chi connectivity index (χ0) is 28.3. The van der Waals surface area contributed by atoms with E-state index in [1.807, 2.05) is 23.6 Å². The third kappa shape index (κ3) is 3.93. The van der Waals surface area contributed by atoms with Crippen molar-refractivity contribution in [1.29, 1.82) is 0 Å². The maximum atomic E-state index is 5.33. The van der Waals surface area contributed by atoms with Crippen LogP contribution in [0.4, 0.5) is 0 Å². The van der Waals surface area contributed by atoms with E-state index in [1.165, 1.54) is 41.7 Å². The molecule has 0 atom stereocenters. The van der Waals surface area contributed by atoms with E-state index in [-0.39, 0.29) is 0 Å². The Kier molecular flexibility index (Phi) is 5.40. The highest BCUT2D eigenvalue weighted by Crippen LogP contribution is 2.44. The molecule has 9 rings (SSSR count). The molecule has 2 nitrogen and oxygen atoms in total. The highest BCUT2D eigenvalue weighted by Gasteiger charge is 2.17. The van der Waals surface area contributed by atoms with E-state index in [0.717, 1.165) is 44.5 Å². The Hall–Kier alpha value is -5.38. The molecular weight excluding hydrogens is 541 g/mol. The van der Waals surface area contributed by atoms with Gasteiger partial charge in [0.05, 0.1) is 16.9 Å². The molecule has 200 valence electrons. The molecule has 0 aliphatic rings. The first-order valence-corrected chi connectivity index (χ1v) is 15.3. The Morgan fingerprint density at radius 2 is 1.16 bits per heavy atom. The summed E-state index contributed by atoms with van der Waals surface area (Å²) < 4.78 is 2.62. The minimum absolute atomic E-state index is 0.989. The summed E-state index contributed by atoms with van der Waals surface area (Å²) in [6.07, 6.45) is 1.99. The van der Waals surface area contributed by atoms with E-state index < -0.39 is 0 Å². The monoisotopic (exact) mass is 564 g/mol. The summed E-state index contributed by atoms with van der Waals surface area (Å²) in [6, 6.07) is 49.8. The Morgan fingerprint density at radius 1 is 0.442 bits per heavy atom. The van der Waals surface area contributed by atoms with Crippen LogP contribution < -0.4 is 0 Å². The molecule has 3 aromatic heterocycles. The van der Waals surface area contributed by atoms with Gasteiger partial charge < -0.3 is 0 Å². The summed E-state index contributed by atoms with van der Waals surface area (Å²) in [6.45, 7) is 0. The standard InChI is InChI=1S/C40H24N2S/c1-3-9-25(10-4-1)34-22-29-16-15-27(21-30(29)24-41-34)28-17-18-31-35(23-28)42-40(26-11-5-2-6-12-26)33-19-20-37-39(38(31)33)32-13-7-8-14-36(32)43-37/h1-24H. The summed E-state index contributed by atoms with van der Waals surface area (Å²) in [5.74, 6) is 0. The average Bonchev–Trinajstić information content (AvgIpc) is 3.47. The second-order valence-electron chi connectivity index (χ2n) is 11.0. The van der Waals surface area contributed by atoms with E-state index in [9.17, 15) is 0 Å². The van der Waals surface area contributed by atoms with Crippen LogP contribution in [0.3, 0.4) is 0 Å². The van der Waals surface area contributed by atoms with Crippen LogP contribution in [0.25, 0.3) is 86.3 Å². The fourth-order valence-corrected chi connectivity index (χ4v) is 7.51. The lowest BCUT2D eigenvalue weighted by Gasteiger charge is -2.13. The number of thiophene rings is 1. The first-order chi connectivity index (χ1) is 21.3. The SMILES string of the molecule is c1ccc(-c2cc3ccc(-c4ccc5c(c4)nc(-c4ccccc4)c4ccc6sc7ccccc7c6c45)cc3cn2)cc1. The first-order valence-electron chi connectivity index (χ1n) is 14.5. The lowest BCUT2D eigenvalue weighted by Crippen LogP contribution is -1.91. The lowest BCUT2D eigenvalue weighted by atomic mass is 9.94. The molecule has 6 aromatic carbocycles. The highest BCUT2D eigenvalue weighted by molar-refractivity contribution is 7.26. The molecular formula is C40H24N2S. The van der Waals surface area contributed by atoms with Gasteiger partial charge in [-0.15, -0.1) is 11.3 Å². The number of pyridine rings is 2. The van der Waals surface area contributed by atoms with Crippen LogP contribution in [-0.4, -0.2) is 9.97 Å². The minimum Gasteiger partial charge on any atom is -0.256 e. The molecule has 0 N–H and O–H groups in total. The van der Waals surface area contributed by atoms with Crippen LogP contribution in [0.15, 0.2) is 146 Å². The average molecular weight is 565 g/mol.